The fourth-order valence-electron chi connectivity index (χ4n) is 2.25. The molecule has 0 aliphatic heterocycles. The first-order chi connectivity index (χ1) is 9.76. The van der Waals surface area contributed by atoms with E-state index in [1.165, 1.54) is 0 Å². The summed E-state index contributed by atoms with van der Waals surface area (Å²) in [5.41, 5.74) is 1.56. The Labute approximate surface area is 130 Å². The first-order valence-corrected chi connectivity index (χ1v) is 6.48. The van der Waals surface area contributed by atoms with Crippen molar-refractivity contribution in [3.8, 4) is 0 Å². The van der Waals surface area contributed by atoms with Crippen LogP contribution in [-0.2, 0) is 17.1 Å². The maximum Gasteiger partial charge on any atom is 0.416 e. The van der Waals surface area contributed by atoms with Gasteiger partial charge in [-0.15, -0.1) is 23.2 Å². The van der Waals surface area contributed by atoms with Crippen LogP contribution in [0.5, 0.6) is 0 Å². The summed E-state index contributed by atoms with van der Waals surface area (Å²) in [6.45, 7) is 0. The fourth-order valence-corrected chi connectivity index (χ4v) is 3.10. The third-order valence-electron chi connectivity index (χ3n) is 3.33. The Kier molecular flexibility index (Phi) is 3.85. The summed E-state index contributed by atoms with van der Waals surface area (Å²) in [4.78, 5) is 11.1. The Morgan fingerprint density at radius 1 is 1.00 bits per heavy atom. The van der Waals surface area contributed by atoms with E-state index in [-0.39, 0.29) is 6.07 Å². The lowest BCUT2D eigenvalue weighted by molar-refractivity contribution is -0.143. The molecule has 0 spiro atoms. The van der Waals surface area contributed by atoms with E-state index in [4.69, 9.17) is 28.9 Å². The highest BCUT2D eigenvalue weighted by atomic mass is 35.5. The third-order valence-corrected chi connectivity index (χ3v) is 4.27. The number of primary amides is 1. The highest BCUT2D eigenvalue weighted by Crippen LogP contribution is 2.65. The lowest BCUT2D eigenvalue weighted by Gasteiger charge is -2.14. The van der Waals surface area contributed by atoms with Crippen molar-refractivity contribution in [1.82, 2.24) is 0 Å². The standard InChI is InChI=1S/C12H7Cl2F6NO/c13-10(14)7(8(10)9(21)22)4-1-5(11(15,16)17)3-6(2-4)12(18,19)20/h1-3,7-8H,(H2,21,22). The average molecular weight is 366 g/mol. The van der Waals surface area contributed by atoms with Crippen LogP contribution in [0.15, 0.2) is 18.2 Å². The van der Waals surface area contributed by atoms with Gasteiger partial charge in [0.1, 0.15) is 4.33 Å². The molecule has 1 aliphatic carbocycles. The van der Waals surface area contributed by atoms with Crippen molar-refractivity contribution in [2.24, 2.45) is 11.7 Å². The van der Waals surface area contributed by atoms with Gasteiger partial charge in [-0.3, -0.25) is 4.79 Å². The molecule has 0 saturated heterocycles. The number of benzene rings is 1. The molecule has 2 atom stereocenters. The summed E-state index contributed by atoms with van der Waals surface area (Å²) in [6.07, 6.45) is -9.98. The van der Waals surface area contributed by atoms with E-state index < -0.39 is 51.1 Å². The average Bonchev–Trinajstić information content (AvgIpc) is 2.89. The molecule has 1 aliphatic rings. The molecule has 0 heterocycles. The first kappa shape index (κ1) is 17.2. The Hall–Kier alpha value is -1.15. The topological polar surface area (TPSA) is 43.1 Å². The van der Waals surface area contributed by atoms with Crippen molar-refractivity contribution >= 4 is 29.1 Å². The predicted octanol–water partition coefficient (Wildman–Crippen LogP) is 4.10. The molecule has 10 heteroatoms. The Morgan fingerprint density at radius 3 is 1.68 bits per heavy atom. The highest BCUT2D eigenvalue weighted by Gasteiger charge is 2.67. The zero-order valence-corrected chi connectivity index (χ0v) is 11.9. The van der Waals surface area contributed by atoms with Crippen LogP contribution in [0.2, 0.25) is 0 Å². The summed E-state index contributed by atoms with van der Waals surface area (Å²) < 4.78 is 74.6. The van der Waals surface area contributed by atoms with Gasteiger partial charge in [0.25, 0.3) is 0 Å². The Balaban J connectivity index is 2.56. The van der Waals surface area contributed by atoms with Crippen molar-refractivity contribution in [2.45, 2.75) is 22.6 Å². The number of hydrogen-bond donors (Lipinski definition) is 1. The summed E-state index contributed by atoms with van der Waals surface area (Å²) in [5.74, 6) is -3.47. The van der Waals surface area contributed by atoms with E-state index in [9.17, 15) is 31.1 Å². The molecule has 2 N–H and O–H groups in total. The fraction of sp³-hybridized carbons (Fsp3) is 0.417. The van der Waals surface area contributed by atoms with Crippen molar-refractivity contribution in [3.05, 3.63) is 34.9 Å². The number of amides is 1. The minimum absolute atomic E-state index is 0.0186. The largest absolute Gasteiger partial charge is 0.416 e. The van der Waals surface area contributed by atoms with Gasteiger partial charge in [0.2, 0.25) is 5.91 Å². The normalized spacial score (nSPS) is 24.2. The number of rotatable bonds is 2. The van der Waals surface area contributed by atoms with Crippen LogP contribution in [0, 0.1) is 5.92 Å². The molecular formula is C12H7Cl2F6NO. The van der Waals surface area contributed by atoms with Crippen LogP contribution < -0.4 is 5.73 Å². The molecule has 0 aromatic heterocycles. The molecule has 1 aromatic carbocycles. The van der Waals surface area contributed by atoms with E-state index in [1.807, 2.05) is 0 Å². The van der Waals surface area contributed by atoms with Crippen LogP contribution in [0.4, 0.5) is 26.3 Å². The van der Waals surface area contributed by atoms with E-state index >= 15 is 0 Å². The van der Waals surface area contributed by atoms with Crippen LogP contribution >= 0.6 is 23.2 Å². The SMILES string of the molecule is NC(=O)C1C(c2cc(C(F)(F)F)cc(C(F)(F)F)c2)C1(Cl)Cl. The molecular weight excluding hydrogens is 359 g/mol. The highest BCUT2D eigenvalue weighted by molar-refractivity contribution is 6.53. The molecule has 2 nitrogen and oxygen atoms in total. The lowest BCUT2D eigenvalue weighted by atomic mass is 10.0. The minimum atomic E-state index is -4.99. The summed E-state index contributed by atoms with van der Waals surface area (Å²) >= 11 is 11.5. The molecule has 0 bridgehead atoms. The van der Waals surface area contributed by atoms with Gasteiger partial charge < -0.3 is 5.73 Å². The molecule has 1 amide bonds. The van der Waals surface area contributed by atoms with Gasteiger partial charge in [0.05, 0.1) is 17.0 Å². The summed E-state index contributed by atoms with van der Waals surface area (Å²) in [7, 11) is 0. The monoisotopic (exact) mass is 365 g/mol. The van der Waals surface area contributed by atoms with E-state index in [0.29, 0.717) is 12.1 Å². The maximum absolute atomic E-state index is 12.7. The van der Waals surface area contributed by atoms with E-state index in [0.717, 1.165) is 0 Å². The second-order valence-corrected chi connectivity index (χ2v) is 6.32. The molecule has 122 valence electrons. The van der Waals surface area contributed by atoms with Crippen molar-refractivity contribution < 1.29 is 31.1 Å². The zero-order valence-electron chi connectivity index (χ0n) is 10.4. The van der Waals surface area contributed by atoms with E-state index in [2.05, 4.69) is 0 Å². The van der Waals surface area contributed by atoms with Gasteiger partial charge in [-0.25, -0.2) is 0 Å². The van der Waals surface area contributed by atoms with Crippen LogP contribution in [0.1, 0.15) is 22.6 Å². The predicted molar refractivity (Wildman–Crippen MR) is 66.3 cm³/mol. The maximum atomic E-state index is 12.7. The number of halogens is 8. The summed E-state index contributed by atoms with van der Waals surface area (Å²) in [5, 5.41) is 0. The molecule has 0 radical (unpaired) electrons. The molecule has 2 unspecified atom stereocenters. The Bertz CT molecular complexity index is 593. The number of nitrogens with two attached hydrogens (primary N) is 1. The van der Waals surface area contributed by atoms with Crippen molar-refractivity contribution in [3.63, 3.8) is 0 Å². The second kappa shape index (κ2) is 4.92. The van der Waals surface area contributed by atoms with E-state index in [1.54, 1.807) is 0 Å². The molecule has 1 fully saturated rings. The van der Waals surface area contributed by atoms with Crippen LogP contribution in [0.25, 0.3) is 0 Å². The van der Waals surface area contributed by atoms with Crippen molar-refractivity contribution in [2.75, 3.05) is 0 Å². The van der Waals surface area contributed by atoms with Gasteiger partial charge in [0, 0.05) is 5.92 Å². The Morgan fingerprint density at radius 2 is 1.41 bits per heavy atom. The van der Waals surface area contributed by atoms with Gasteiger partial charge in [-0.2, -0.15) is 26.3 Å². The molecule has 1 saturated carbocycles. The summed E-state index contributed by atoms with van der Waals surface area (Å²) in [6, 6.07) is 0.958. The molecule has 22 heavy (non-hydrogen) atoms. The van der Waals surface area contributed by atoms with Gasteiger partial charge >= 0.3 is 12.4 Å². The quantitative estimate of drug-likeness (QED) is 0.622. The minimum Gasteiger partial charge on any atom is -0.369 e. The number of hydrogen-bond acceptors (Lipinski definition) is 1. The number of alkyl halides is 8. The lowest BCUT2D eigenvalue weighted by Crippen LogP contribution is -2.16. The third kappa shape index (κ3) is 2.99. The first-order valence-electron chi connectivity index (χ1n) is 5.72. The van der Waals surface area contributed by atoms with Crippen LogP contribution in [0.3, 0.4) is 0 Å². The zero-order chi connectivity index (χ0) is 17.1. The molecule has 1 aromatic rings. The smallest absolute Gasteiger partial charge is 0.369 e. The van der Waals surface area contributed by atoms with Gasteiger partial charge in [-0.05, 0) is 23.8 Å². The number of carbonyl (C=O) groups is 1. The van der Waals surface area contributed by atoms with Gasteiger partial charge in [0.15, 0.2) is 0 Å². The second-order valence-electron chi connectivity index (χ2n) is 4.87. The number of carbonyl (C=O) groups excluding carboxylic acids is 1. The van der Waals surface area contributed by atoms with Crippen LogP contribution in [-0.4, -0.2) is 10.2 Å². The van der Waals surface area contributed by atoms with Crippen molar-refractivity contribution in [1.29, 1.82) is 0 Å². The molecule has 2 rings (SSSR count). The van der Waals surface area contributed by atoms with Gasteiger partial charge in [-0.1, -0.05) is 0 Å².